The van der Waals surface area contributed by atoms with Gasteiger partial charge in [0.15, 0.2) is 23.4 Å². The van der Waals surface area contributed by atoms with E-state index in [1.807, 2.05) is 4.90 Å². The molecule has 41 heavy (non-hydrogen) atoms. The van der Waals surface area contributed by atoms with Crippen LogP contribution in [0.15, 0.2) is 34.9 Å². The third-order valence-corrected chi connectivity index (χ3v) is 6.31. The molecule has 1 aromatic carbocycles. The molecule has 2 aromatic heterocycles. The van der Waals surface area contributed by atoms with E-state index in [0.29, 0.717) is 66.1 Å². The zero-order chi connectivity index (χ0) is 30.3. The maximum atomic E-state index is 12.4. The van der Waals surface area contributed by atoms with Gasteiger partial charge in [-0.1, -0.05) is 0 Å². The van der Waals surface area contributed by atoms with E-state index in [2.05, 4.69) is 9.97 Å². The molecule has 16 nitrogen and oxygen atoms in total. The van der Waals surface area contributed by atoms with Crippen molar-refractivity contribution in [1.29, 1.82) is 0 Å². The van der Waals surface area contributed by atoms with Gasteiger partial charge in [0, 0.05) is 37.6 Å². The predicted octanol–water partition coefficient (Wildman–Crippen LogP) is -1.71. The number of nitrogens with zero attached hydrogens (tertiary/aromatic N) is 4. The van der Waals surface area contributed by atoms with Crippen LogP contribution >= 0.6 is 0 Å². The first-order valence-electron chi connectivity index (χ1n) is 12.3. The Labute approximate surface area is 233 Å². The summed E-state index contributed by atoms with van der Waals surface area (Å²) in [4.78, 5) is 35.4. The molecule has 16 heteroatoms. The Hall–Kier alpha value is -4.22. The van der Waals surface area contributed by atoms with Crippen LogP contribution in [0.2, 0.25) is 0 Å². The van der Waals surface area contributed by atoms with Crippen molar-refractivity contribution in [3.8, 4) is 11.5 Å². The van der Waals surface area contributed by atoms with Crippen LogP contribution < -0.4 is 20.1 Å². The molecule has 0 radical (unpaired) electrons. The van der Waals surface area contributed by atoms with Crippen molar-refractivity contribution in [1.82, 2.24) is 14.9 Å². The van der Waals surface area contributed by atoms with E-state index in [0.717, 1.165) is 0 Å². The van der Waals surface area contributed by atoms with E-state index in [1.165, 1.54) is 6.26 Å². The number of carboxylic acid groups (broad SMARTS) is 1. The predicted molar refractivity (Wildman–Crippen MR) is 143 cm³/mol. The van der Waals surface area contributed by atoms with E-state index >= 15 is 0 Å². The van der Waals surface area contributed by atoms with Crippen LogP contribution in [0.4, 0.5) is 11.8 Å². The number of anilines is 2. The zero-order valence-electron chi connectivity index (χ0n) is 22.3. The Kier molecular flexibility index (Phi) is 10.6. The Morgan fingerprint density at radius 1 is 1.02 bits per heavy atom. The summed E-state index contributed by atoms with van der Waals surface area (Å²) < 4.78 is 15.9. The number of rotatable bonds is 9. The zero-order valence-corrected chi connectivity index (χ0v) is 22.3. The number of nitrogens with two attached hydrogens (primary N) is 1. The lowest BCUT2D eigenvalue weighted by molar-refractivity contribution is -0.164. The van der Waals surface area contributed by atoms with Crippen LogP contribution in [0.1, 0.15) is 10.6 Å². The highest BCUT2D eigenvalue weighted by Crippen LogP contribution is 2.34. The quantitative estimate of drug-likeness (QED) is 0.149. The van der Waals surface area contributed by atoms with Crippen molar-refractivity contribution < 1.29 is 54.1 Å². The fourth-order valence-electron chi connectivity index (χ4n) is 3.94. The molecular formula is C25H33N5O11. The molecule has 1 saturated heterocycles. The van der Waals surface area contributed by atoms with Crippen LogP contribution in [-0.2, 0) is 4.79 Å². The highest BCUT2D eigenvalue weighted by Gasteiger charge is 2.34. The highest BCUT2D eigenvalue weighted by molar-refractivity contribution is 5.92. The summed E-state index contributed by atoms with van der Waals surface area (Å²) in [7, 11) is 3.14. The number of benzene rings is 1. The number of carbonyl (C=O) groups is 2. The van der Waals surface area contributed by atoms with Crippen molar-refractivity contribution in [2.45, 2.75) is 24.4 Å². The van der Waals surface area contributed by atoms with E-state index in [-0.39, 0.29) is 5.91 Å². The minimum atomic E-state index is -2.20. The van der Waals surface area contributed by atoms with Gasteiger partial charge in [-0.05, 0) is 18.2 Å². The second-order valence-electron chi connectivity index (χ2n) is 8.90. The molecule has 4 unspecified atom stereocenters. The van der Waals surface area contributed by atoms with Gasteiger partial charge < -0.3 is 60.1 Å². The van der Waals surface area contributed by atoms with Crippen LogP contribution in [0, 0.1) is 0 Å². The third kappa shape index (κ3) is 7.30. The van der Waals surface area contributed by atoms with Gasteiger partial charge in [0.05, 0.1) is 32.6 Å². The average molecular weight is 580 g/mol. The second-order valence-corrected chi connectivity index (χ2v) is 8.90. The molecule has 0 spiro atoms. The first kappa shape index (κ1) is 31.3. The second kappa shape index (κ2) is 13.9. The maximum absolute atomic E-state index is 12.4. The number of methoxy groups -OCH3 is 2. The van der Waals surface area contributed by atoms with E-state index < -0.39 is 37.0 Å². The molecule has 4 atom stereocenters. The lowest BCUT2D eigenvalue weighted by atomic mass is 10.0. The molecular weight excluding hydrogens is 546 g/mol. The molecule has 8 N–H and O–H groups in total. The summed E-state index contributed by atoms with van der Waals surface area (Å²) in [6, 6.07) is 6.93. The standard InChI is InChI=1S/C19H21N5O4.C6H12O7/c1-26-15-10-12-13(11-16(15)27-2)21-19(22-17(12)20)24-7-5-23(6-8-24)18(25)14-4-3-9-28-14;7-1-2(8)3(9)4(10)5(11)6(12)13/h3-4,9-11H,5-8H2,1-2H3,(H2,20,21,22);2-5,7-11H,1H2,(H,12,13). The SMILES string of the molecule is COc1cc2nc(N3CCN(C(=O)c4ccco4)CC3)nc(N)c2cc1OC.O=C(O)C(O)C(O)C(O)C(O)CO. The number of carboxylic acids is 1. The summed E-state index contributed by atoms with van der Waals surface area (Å²) in [5.74, 6) is 0.561. The van der Waals surface area contributed by atoms with Gasteiger partial charge in [-0.25, -0.2) is 9.78 Å². The largest absolute Gasteiger partial charge is 0.493 e. The summed E-state index contributed by atoms with van der Waals surface area (Å²) in [6.45, 7) is 1.46. The van der Waals surface area contributed by atoms with Crippen molar-refractivity contribution in [3.05, 3.63) is 36.3 Å². The summed E-state index contributed by atoms with van der Waals surface area (Å²) in [5.41, 5.74) is 6.84. The van der Waals surface area contributed by atoms with Crippen LogP contribution in [0.5, 0.6) is 11.5 Å². The summed E-state index contributed by atoms with van der Waals surface area (Å²) in [5, 5.41) is 52.5. The maximum Gasteiger partial charge on any atom is 0.335 e. The minimum absolute atomic E-state index is 0.111. The Morgan fingerprint density at radius 2 is 1.66 bits per heavy atom. The number of furan rings is 1. The van der Waals surface area contributed by atoms with Crippen LogP contribution in [-0.4, -0.2) is 129 Å². The number of aliphatic carboxylic acids is 1. The van der Waals surface area contributed by atoms with E-state index in [9.17, 15) is 9.59 Å². The number of aliphatic hydroxyl groups is 5. The fourth-order valence-corrected chi connectivity index (χ4v) is 3.94. The van der Waals surface area contributed by atoms with Gasteiger partial charge in [-0.15, -0.1) is 0 Å². The highest BCUT2D eigenvalue weighted by atomic mass is 16.5. The van der Waals surface area contributed by atoms with Crippen molar-refractivity contribution in [2.75, 3.05) is 57.6 Å². The Balaban J connectivity index is 0.000000302. The van der Waals surface area contributed by atoms with E-state index in [1.54, 1.807) is 43.4 Å². The molecule has 3 aromatic rings. The number of aliphatic hydroxyl groups excluding tert-OH is 5. The minimum Gasteiger partial charge on any atom is -0.493 e. The number of hydrogen-bond acceptors (Lipinski definition) is 14. The van der Waals surface area contributed by atoms with Gasteiger partial charge in [-0.2, -0.15) is 4.98 Å². The first-order valence-corrected chi connectivity index (χ1v) is 12.3. The molecule has 224 valence electrons. The Bertz CT molecular complexity index is 1320. The molecule has 0 saturated carbocycles. The smallest absolute Gasteiger partial charge is 0.335 e. The lowest BCUT2D eigenvalue weighted by Gasteiger charge is -2.34. The molecule has 1 aliphatic rings. The molecule has 0 bridgehead atoms. The topological polar surface area (TPSA) is 245 Å². The van der Waals surface area contributed by atoms with Crippen molar-refractivity contribution >= 4 is 34.5 Å². The van der Waals surface area contributed by atoms with Crippen LogP contribution in [0.25, 0.3) is 10.9 Å². The summed E-state index contributed by atoms with van der Waals surface area (Å²) in [6.07, 6.45) is -6.34. The molecule has 3 heterocycles. The van der Waals surface area contributed by atoms with Crippen molar-refractivity contribution in [3.63, 3.8) is 0 Å². The van der Waals surface area contributed by atoms with Gasteiger partial charge in [0.25, 0.3) is 5.91 Å². The first-order chi connectivity index (χ1) is 19.5. The van der Waals surface area contributed by atoms with Crippen LogP contribution in [0.3, 0.4) is 0 Å². The monoisotopic (exact) mass is 579 g/mol. The summed E-state index contributed by atoms with van der Waals surface area (Å²) >= 11 is 0. The number of aromatic nitrogens is 2. The molecule has 1 fully saturated rings. The van der Waals surface area contributed by atoms with Gasteiger partial charge in [-0.3, -0.25) is 4.79 Å². The normalized spacial score (nSPS) is 16.3. The van der Waals surface area contributed by atoms with Gasteiger partial charge >= 0.3 is 5.97 Å². The number of amides is 1. The molecule has 1 aliphatic heterocycles. The van der Waals surface area contributed by atoms with E-state index in [4.69, 9.17) is 50.3 Å². The molecule has 0 aliphatic carbocycles. The number of fused-ring (bicyclic) bond motifs is 1. The van der Waals surface area contributed by atoms with Gasteiger partial charge in [0.2, 0.25) is 5.95 Å². The third-order valence-electron chi connectivity index (χ3n) is 6.31. The van der Waals surface area contributed by atoms with Gasteiger partial charge in [0.1, 0.15) is 24.1 Å². The fraction of sp³-hybridized carbons (Fsp3) is 0.440. The molecule has 4 rings (SSSR count). The Morgan fingerprint density at radius 3 is 2.20 bits per heavy atom. The number of ether oxygens (including phenoxy) is 2. The molecule has 1 amide bonds. The number of hydrogen-bond donors (Lipinski definition) is 7. The lowest BCUT2D eigenvalue weighted by Crippen LogP contribution is -2.49. The average Bonchev–Trinajstić information content (AvgIpc) is 3.54. The van der Waals surface area contributed by atoms with Crippen molar-refractivity contribution in [2.24, 2.45) is 0 Å². The number of piperazine rings is 1. The number of nitrogen functional groups attached to an aromatic ring is 1. The number of carbonyl (C=O) groups excluding carboxylic acids is 1.